The molecule has 1 saturated heterocycles. The Morgan fingerprint density at radius 3 is 2.45 bits per heavy atom. The normalized spacial score (nSPS) is 20.0. The average molecular weight is 300 g/mol. The van der Waals surface area contributed by atoms with Gasteiger partial charge in [-0.2, -0.15) is 0 Å². The lowest BCUT2D eigenvalue weighted by Crippen LogP contribution is -2.41. The van der Waals surface area contributed by atoms with E-state index in [1.807, 2.05) is 6.07 Å². The monoisotopic (exact) mass is 300 g/mol. The first-order chi connectivity index (χ1) is 10.3. The molecule has 1 fully saturated rings. The van der Waals surface area contributed by atoms with E-state index >= 15 is 0 Å². The Balaban J connectivity index is 1.86. The zero-order chi connectivity index (χ0) is 16.0. The van der Waals surface area contributed by atoms with Crippen LogP contribution in [0.1, 0.15) is 53.3 Å². The molecule has 118 valence electrons. The van der Waals surface area contributed by atoms with Gasteiger partial charge in [0.1, 0.15) is 5.82 Å². The maximum Gasteiger partial charge on any atom is 0.494 e. The summed E-state index contributed by atoms with van der Waals surface area (Å²) in [5, 5.41) is 0. The van der Waals surface area contributed by atoms with Gasteiger partial charge in [-0.3, -0.25) is 0 Å². The van der Waals surface area contributed by atoms with E-state index in [1.165, 1.54) is 6.42 Å². The summed E-state index contributed by atoms with van der Waals surface area (Å²) in [6.07, 6.45) is 3.33. The molecular formula is C17H25BN2O2. The van der Waals surface area contributed by atoms with Crippen LogP contribution in [0.4, 0.5) is 0 Å². The Morgan fingerprint density at radius 2 is 1.82 bits per heavy atom. The highest BCUT2D eigenvalue weighted by Gasteiger charge is 2.51. The molecule has 5 heteroatoms. The zero-order valence-corrected chi connectivity index (χ0v) is 14.2. The Hall–Kier alpha value is -1.33. The molecule has 2 heterocycles. The Kier molecular flexibility index (Phi) is 3.81. The van der Waals surface area contributed by atoms with Crippen molar-refractivity contribution in [2.24, 2.45) is 0 Å². The summed E-state index contributed by atoms with van der Waals surface area (Å²) in [6.45, 7) is 10.5. The second-order valence-corrected chi connectivity index (χ2v) is 7.15. The SMILES string of the molecule is CCCCc1nc2ccc(B3OC(C)(C)C(C)(C)O3)cc2[nH]1. The third-order valence-electron chi connectivity index (χ3n) is 4.85. The van der Waals surface area contributed by atoms with Gasteiger partial charge in [-0.05, 0) is 51.7 Å². The fourth-order valence-electron chi connectivity index (χ4n) is 2.67. The molecule has 0 unspecified atom stereocenters. The lowest BCUT2D eigenvalue weighted by Gasteiger charge is -2.32. The molecule has 0 radical (unpaired) electrons. The van der Waals surface area contributed by atoms with E-state index in [2.05, 4.69) is 56.7 Å². The molecule has 0 spiro atoms. The van der Waals surface area contributed by atoms with E-state index in [0.717, 1.165) is 35.2 Å². The van der Waals surface area contributed by atoms with E-state index in [1.54, 1.807) is 0 Å². The van der Waals surface area contributed by atoms with E-state index in [4.69, 9.17) is 9.31 Å². The van der Waals surface area contributed by atoms with Crippen LogP contribution in [0.25, 0.3) is 11.0 Å². The summed E-state index contributed by atoms with van der Waals surface area (Å²) in [6, 6.07) is 6.19. The number of rotatable bonds is 4. The maximum atomic E-state index is 6.11. The van der Waals surface area contributed by atoms with E-state index in [0.29, 0.717) is 0 Å². The van der Waals surface area contributed by atoms with Gasteiger partial charge in [0.05, 0.1) is 22.2 Å². The van der Waals surface area contributed by atoms with Gasteiger partial charge in [-0.25, -0.2) is 4.98 Å². The van der Waals surface area contributed by atoms with Gasteiger partial charge in [-0.15, -0.1) is 0 Å². The number of H-pyrrole nitrogens is 1. The molecule has 1 aromatic carbocycles. The van der Waals surface area contributed by atoms with E-state index in [9.17, 15) is 0 Å². The minimum atomic E-state index is -0.322. The molecule has 4 nitrogen and oxygen atoms in total. The van der Waals surface area contributed by atoms with Gasteiger partial charge in [0, 0.05) is 6.42 Å². The zero-order valence-electron chi connectivity index (χ0n) is 14.2. The van der Waals surface area contributed by atoms with E-state index < -0.39 is 0 Å². The summed E-state index contributed by atoms with van der Waals surface area (Å²) in [7, 11) is -0.322. The smallest absolute Gasteiger partial charge is 0.399 e. The van der Waals surface area contributed by atoms with Crippen LogP contribution in [0, 0.1) is 0 Å². The first-order valence-corrected chi connectivity index (χ1v) is 8.16. The quantitative estimate of drug-likeness (QED) is 0.882. The van der Waals surface area contributed by atoms with Crippen molar-refractivity contribution in [2.45, 2.75) is 65.1 Å². The van der Waals surface area contributed by atoms with Crippen molar-refractivity contribution in [3.63, 3.8) is 0 Å². The lowest BCUT2D eigenvalue weighted by molar-refractivity contribution is 0.00578. The fraction of sp³-hybridized carbons (Fsp3) is 0.588. The van der Waals surface area contributed by atoms with Gasteiger partial charge in [0.2, 0.25) is 0 Å². The molecule has 0 bridgehead atoms. The van der Waals surface area contributed by atoms with Crippen molar-refractivity contribution in [3.8, 4) is 0 Å². The molecule has 3 rings (SSSR count). The highest BCUT2D eigenvalue weighted by Crippen LogP contribution is 2.36. The number of benzene rings is 1. The maximum absolute atomic E-state index is 6.11. The highest BCUT2D eigenvalue weighted by molar-refractivity contribution is 6.62. The molecular weight excluding hydrogens is 275 g/mol. The largest absolute Gasteiger partial charge is 0.494 e. The molecule has 0 amide bonds. The van der Waals surface area contributed by atoms with Crippen molar-refractivity contribution >= 4 is 23.6 Å². The standard InChI is InChI=1S/C17H25BN2O2/c1-6-7-8-15-19-13-10-9-12(11-14(13)20-15)18-21-16(2,3)17(4,5)22-18/h9-11H,6-8H2,1-5H3,(H,19,20). The van der Waals surface area contributed by atoms with Crippen LogP contribution in [-0.2, 0) is 15.7 Å². The number of nitrogens with one attached hydrogen (secondary N) is 1. The molecule has 1 aromatic heterocycles. The average Bonchev–Trinajstić information content (AvgIpc) is 2.93. The number of hydrogen-bond acceptors (Lipinski definition) is 3. The molecule has 1 N–H and O–H groups in total. The predicted octanol–water partition coefficient (Wildman–Crippen LogP) is 3.20. The van der Waals surface area contributed by atoms with Crippen molar-refractivity contribution in [2.75, 3.05) is 0 Å². The summed E-state index contributed by atoms with van der Waals surface area (Å²) >= 11 is 0. The molecule has 2 aromatic rings. The number of hydrogen-bond donors (Lipinski definition) is 1. The topological polar surface area (TPSA) is 47.1 Å². The molecule has 1 aliphatic rings. The van der Waals surface area contributed by atoms with Crippen LogP contribution in [-0.4, -0.2) is 28.3 Å². The van der Waals surface area contributed by atoms with Crippen LogP contribution in [0.15, 0.2) is 18.2 Å². The van der Waals surface area contributed by atoms with Gasteiger partial charge in [-0.1, -0.05) is 19.4 Å². The number of imidazole rings is 1. The molecule has 0 atom stereocenters. The lowest BCUT2D eigenvalue weighted by atomic mass is 9.79. The Bertz CT molecular complexity index is 662. The summed E-state index contributed by atoms with van der Waals surface area (Å²) in [5.74, 6) is 1.06. The second-order valence-electron chi connectivity index (χ2n) is 7.15. The second kappa shape index (κ2) is 5.39. The third-order valence-corrected chi connectivity index (χ3v) is 4.85. The number of aryl methyl sites for hydroxylation is 1. The third kappa shape index (κ3) is 2.68. The van der Waals surface area contributed by atoms with Gasteiger partial charge >= 0.3 is 7.12 Å². The van der Waals surface area contributed by atoms with Crippen LogP contribution < -0.4 is 5.46 Å². The van der Waals surface area contributed by atoms with Crippen molar-refractivity contribution in [1.29, 1.82) is 0 Å². The van der Waals surface area contributed by atoms with Crippen LogP contribution in [0.5, 0.6) is 0 Å². The van der Waals surface area contributed by atoms with Crippen molar-refractivity contribution in [3.05, 3.63) is 24.0 Å². The van der Waals surface area contributed by atoms with E-state index in [-0.39, 0.29) is 18.3 Å². The Labute approximate surface area is 132 Å². The highest BCUT2D eigenvalue weighted by atomic mass is 16.7. The van der Waals surface area contributed by atoms with Gasteiger partial charge in [0.15, 0.2) is 0 Å². The minimum Gasteiger partial charge on any atom is -0.399 e. The predicted molar refractivity (Wildman–Crippen MR) is 90.4 cm³/mol. The van der Waals surface area contributed by atoms with Gasteiger partial charge < -0.3 is 14.3 Å². The summed E-state index contributed by atoms with van der Waals surface area (Å²) in [5.41, 5.74) is 2.47. The minimum absolute atomic E-state index is 0.313. The number of fused-ring (bicyclic) bond motifs is 1. The van der Waals surface area contributed by atoms with Crippen LogP contribution >= 0.6 is 0 Å². The first-order valence-electron chi connectivity index (χ1n) is 8.16. The van der Waals surface area contributed by atoms with Crippen molar-refractivity contribution in [1.82, 2.24) is 9.97 Å². The number of aromatic amines is 1. The summed E-state index contributed by atoms with van der Waals surface area (Å²) in [4.78, 5) is 8.05. The number of unbranched alkanes of at least 4 members (excludes halogenated alkanes) is 1. The Morgan fingerprint density at radius 1 is 1.14 bits per heavy atom. The number of aromatic nitrogens is 2. The number of nitrogens with zero attached hydrogens (tertiary/aromatic N) is 1. The van der Waals surface area contributed by atoms with Crippen LogP contribution in [0.3, 0.4) is 0 Å². The first kappa shape index (κ1) is 15.6. The van der Waals surface area contributed by atoms with Gasteiger partial charge in [0.25, 0.3) is 0 Å². The molecule has 22 heavy (non-hydrogen) atoms. The molecule has 0 saturated carbocycles. The van der Waals surface area contributed by atoms with Crippen molar-refractivity contribution < 1.29 is 9.31 Å². The summed E-state index contributed by atoms with van der Waals surface area (Å²) < 4.78 is 12.2. The fourth-order valence-corrected chi connectivity index (χ4v) is 2.67. The van der Waals surface area contributed by atoms with Crippen LogP contribution in [0.2, 0.25) is 0 Å². The molecule has 0 aliphatic carbocycles. The molecule has 1 aliphatic heterocycles.